The van der Waals surface area contributed by atoms with E-state index in [0.29, 0.717) is 19.6 Å². The minimum atomic E-state index is -0.425. The maximum atomic E-state index is 12.7. The standard InChI is InChI=1S/C19H22N4O2/c1-14-9-15(2)11-17(10-14)23-13-16(12-18(23)24)19(25)22(7-3-5-20)8-4-6-21/h9-11,16H,3-4,7-8,12-13H2,1-2H3. The Morgan fingerprint density at radius 3 is 2.24 bits per heavy atom. The maximum absolute atomic E-state index is 12.7. The predicted octanol–water partition coefficient (Wildman–Crippen LogP) is 2.31. The summed E-state index contributed by atoms with van der Waals surface area (Å²) in [4.78, 5) is 28.4. The topological polar surface area (TPSA) is 88.2 Å². The number of nitrogens with zero attached hydrogens (tertiary/aromatic N) is 4. The van der Waals surface area contributed by atoms with Gasteiger partial charge in [0.05, 0.1) is 30.9 Å². The van der Waals surface area contributed by atoms with Crippen LogP contribution in [0, 0.1) is 42.4 Å². The zero-order valence-corrected chi connectivity index (χ0v) is 14.7. The predicted molar refractivity (Wildman–Crippen MR) is 93.4 cm³/mol. The lowest BCUT2D eigenvalue weighted by Crippen LogP contribution is -2.38. The summed E-state index contributed by atoms with van der Waals surface area (Å²) in [5, 5.41) is 17.5. The average molecular weight is 338 g/mol. The molecule has 0 saturated carbocycles. The largest absolute Gasteiger partial charge is 0.340 e. The molecule has 1 aromatic rings. The van der Waals surface area contributed by atoms with E-state index in [-0.39, 0.29) is 31.1 Å². The van der Waals surface area contributed by atoms with Crippen molar-refractivity contribution in [2.24, 2.45) is 5.92 Å². The Kier molecular flexibility index (Phi) is 6.14. The molecule has 1 fully saturated rings. The smallest absolute Gasteiger partial charge is 0.228 e. The SMILES string of the molecule is Cc1cc(C)cc(N2CC(C(=O)N(CCC#N)CCC#N)CC2=O)c1. The highest BCUT2D eigenvalue weighted by Gasteiger charge is 2.37. The fourth-order valence-corrected chi connectivity index (χ4v) is 3.19. The lowest BCUT2D eigenvalue weighted by molar-refractivity contribution is -0.135. The highest BCUT2D eigenvalue weighted by Crippen LogP contribution is 2.28. The Bertz CT molecular complexity index is 707. The number of hydrogen-bond acceptors (Lipinski definition) is 4. The summed E-state index contributed by atoms with van der Waals surface area (Å²) in [6, 6.07) is 9.97. The second kappa shape index (κ2) is 8.30. The summed E-state index contributed by atoms with van der Waals surface area (Å²) >= 11 is 0. The number of nitriles is 2. The number of benzene rings is 1. The van der Waals surface area contributed by atoms with E-state index < -0.39 is 5.92 Å². The van der Waals surface area contributed by atoms with Gasteiger partial charge >= 0.3 is 0 Å². The van der Waals surface area contributed by atoms with Crippen molar-refractivity contribution in [2.45, 2.75) is 33.1 Å². The van der Waals surface area contributed by atoms with Crippen LogP contribution in [0.1, 0.15) is 30.4 Å². The Balaban J connectivity index is 2.13. The number of aryl methyl sites for hydroxylation is 2. The minimum absolute atomic E-state index is 0.0659. The molecular formula is C19H22N4O2. The first-order valence-corrected chi connectivity index (χ1v) is 8.37. The molecule has 1 aliphatic heterocycles. The highest BCUT2D eigenvalue weighted by molar-refractivity contribution is 6.00. The summed E-state index contributed by atoms with van der Waals surface area (Å²) in [6.07, 6.45) is 0.610. The number of carbonyl (C=O) groups is 2. The third-order valence-electron chi connectivity index (χ3n) is 4.29. The Labute approximate surface area is 148 Å². The zero-order chi connectivity index (χ0) is 18.4. The molecule has 1 saturated heterocycles. The number of anilines is 1. The quantitative estimate of drug-likeness (QED) is 0.796. The zero-order valence-electron chi connectivity index (χ0n) is 14.7. The van der Waals surface area contributed by atoms with E-state index in [1.54, 1.807) is 4.90 Å². The van der Waals surface area contributed by atoms with Crippen LogP contribution in [0.2, 0.25) is 0 Å². The Morgan fingerprint density at radius 1 is 1.16 bits per heavy atom. The summed E-state index contributed by atoms with van der Waals surface area (Å²) in [5.74, 6) is -0.639. The van der Waals surface area contributed by atoms with Crippen molar-refractivity contribution >= 4 is 17.5 Å². The molecule has 1 aliphatic rings. The molecule has 2 rings (SSSR count). The molecule has 0 N–H and O–H groups in total. The molecule has 0 aromatic heterocycles. The van der Waals surface area contributed by atoms with Gasteiger partial charge in [0.15, 0.2) is 0 Å². The van der Waals surface area contributed by atoms with Gasteiger partial charge in [-0.15, -0.1) is 0 Å². The van der Waals surface area contributed by atoms with E-state index in [9.17, 15) is 9.59 Å². The van der Waals surface area contributed by atoms with Crippen molar-refractivity contribution in [3.63, 3.8) is 0 Å². The van der Waals surface area contributed by atoms with Gasteiger partial charge in [-0.05, 0) is 37.1 Å². The molecule has 2 amide bonds. The Hall–Kier alpha value is -2.86. The third-order valence-corrected chi connectivity index (χ3v) is 4.29. The molecule has 130 valence electrons. The van der Waals surface area contributed by atoms with Crippen LogP contribution >= 0.6 is 0 Å². The Morgan fingerprint density at radius 2 is 1.72 bits per heavy atom. The molecule has 1 atom stereocenters. The summed E-state index contributed by atoms with van der Waals surface area (Å²) in [6.45, 7) is 4.89. The number of rotatable bonds is 6. The molecule has 6 nitrogen and oxygen atoms in total. The summed E-state index contributed by atoms with van der Waals surface area (Å²) in [7, 11) is 0. The van der Waals surface area contributed by atoms with Crippen molar-refractivity contribution in [1.82, 2.24) is 4.90 Å². The second-order valence-electron chi connectivity index (χ2n) is 6.39. The molecule has 6 heteroatoms. The van der Waals surface area contributed by atoms with E-state index in [1.165, 1.54) is 4.90 Å². The molecule has 1 aromatic carbocycles. The number of amides is 2. The fraction of sp³-hybridized carbons (Fsp3) is 0.474. The van der Waals surface area contributed by atoms with Crippen LogP contribution in [0.15, 0.2) is 18.2 Å². The van der Waals surface area contributed by atoms with Gasteiger partial charge in [0, 0.05) is 31.7 Å². The molecular weight excluding hydrogens is 316 g/mol. The van der Waals surface area contributed by atoms with Gasteiger partial charge in [0.25, 0.3) is 0 Å². The average Bonchev–Trinajstić information content (AvgIpc) is 2.95. The van der Waals surface area contributed by atoms with Gasteiger partial charge in [0.1, 0.15) is 0 Å². The molecule has 1 unspecified atom stereocenters. The van der Waals surface area contributed by atoms with Gasteiger partial charge in [0.2, 0.25) is 11.8 Å². The molecule has 25 heavy (non-hydrogen) atoms. The van der Waals surface area contributed by atoms with Crippen molar-refractivity contribution in [2.75, 3.05) is 24.5 Å². The van der Waals surface area contributed by atoms with Gasteiger partial charge in [-0.1, -0.05) is 6.07 Å². The summed E-state index contributed by atoms with van der Waals surface area (Å²) < 4.78 is 0. The molecule has 0 aliphatic carbocycles. The van der Waals surface area contributed by atoms with Gasteiger partial charge < -0.3 is 9.80 Å². The first-order chi connectivity index (χ1) is 12.0. The molecule has 0 bridgehead atoms. The first kappa shape index (κ1) is 18.5. The van der Waals surface area contributed by atoms with Crippen molar-refractivity contribution in [1.29, 1.82) is 10.5 Å². The third kappa shape index (κ3) is 4.58. The van der Waals surface area contributed by atoms with Gasteiger partial charge in [-0.25, -0.2) is 0 Å². The van der Waals surface area contributed by atoms with Crippen molar-refractivity contribution in [3.05, 3.63) is 29.3 Å². The monoisotopic (exact) mass is 338 g/mol. The van der Waals surface area contributed by atoms with Gasteiger partial charge in [-0.3, -0.25) is 9.59 Å². The van der Waals surface area contributed by atoms with Crippen LogP contribution in [-0.4, -0.2) is 36.3 Å². The highest BCUT2D eigenvalue weighted by atomic mass is 16.2. The van der Waals surface area contributed by atoms with E-state index >= 15 is 0 Å². The van der Waals surface area contributed by atoms with Gasteiger partial charge in [-0.2, -0.15) is 10.5 Å². The molecule has 0 spiro atoms. The lowest BCUT2D eigenvalue weighted by Gasteiger charge is -2.24. The minimum Gasteiger partial charge on any atom is -0.340 e. The fourth-order valence-electron chi connectivity index (χ4n) is 3.19. The maximum Gasteiger partial charge on any atom is 0.228 e. The first-order valence-electron chi connectivity index (χ1n) is 8.37. The van der Waals surface area contributed by atoms with Crippen LogP contribution in [-0.2, 0) is 9.59 Å². The van der Waals surface area contributed by atoms with Crippen LogP contribution in [0.5, 0.6) is 0 Å². The van der Waals surface area contributed by atoms with Crippen LogP contribution in [0.4, 0.5) is 5.69 Å². The van der Waals surface area contributed by atoms with E-state index in [1.807, 2.05) is 44.2 Å². The summed E-state index contributed by atoms with van der Waals surface area (Å²) in [5.41, 5.74) is 2.96. The van der Waals surface area contributed by atoms with Crippen LogP contribution < -0.4 is 4.90 Å². The van der Waals surface area contributed by atoms with Crippen LogP contribution in [0.25, 0.3) is 0 Å². The van der Waals surface area contributed by atoms with E-state index in [0.717, 1.165) is 16.8 Å². The van der Waals surface area contributed by atoms with Crippen molar-refractivity contribution in [3.8, 4) is 12.1 Å². The number of hydrogen-bond donors (Lipinski definition) is 0. The van der Waals surface area contributed by atoms with E-state index in [4.69, 9.17) is 10.5 Å². The molecule has 0 radical (unpaired) electrons. The normalized spacial score (nSPS) is 16.4. The van der Waals surface area contributed by atoms with E-state index in [2.05, 4.69) is 0 Å². The molecule has 1 heterocycles. The second-order valence-corrected chi connectivity index (χ2v) is 6.39. The van der Waals surface area contributed by atoms with Crippen molar-refractivity contribution < 1.29 is 9.59 Å². The van der Waals surface area contributed by atoms with Crippen LogP contribution in [0.3, 0.4) is 0 Å². The lowest BCUT2D eigenvalue weighted by atomic mass is 10.1. The number of carbonyl (C=O) groups excluding carboxylic acids is 2.